The lowest BCUT2D eigenvalue weighted by atomic mass is 10.1. The normalized spacial score (nSPS) is 18.9. The van der Waals surface area contributed by atoms with E-state index in [2.05, 4.69) is 51.2 Å². The summed E-state index contributed by atoms with van der Waals surface area (Å²) in [5.74, 6) is 6.79. The zero-order valence-corrected chi connectivity index (χ0v) is 26.2. The zero-order chi connectivity index (χ0) is 30.6. The van der Waals surface area contributed by atoms with Crippen LogP contribution in [-0.2, 0) is 17.7 Å². The molecule has 9 nitrogen and oxygen atoms in total. The van der Waals surface area contributed by atoms with Crippen LogP contribution in [0.3, 0.4) is 0 Å². The Morgan fingerprint density at radius 2 is 1.95 bits per heavy atom. The van der Waals surface area contributed by atoms with E-state index < -0.39 is 0 Å². The quantitative estimate of drug-likeness (QED) is 0.265. The van der Waals surface area contributed by atoms with Crippen LogP contribution in [-0.4, -0.2) is 58.4 Å². The summed E-state index contributed by atoms with van der Waals surface area (Å²) in [7, 11) is 1.66. The van der Waals surface area contributed by atoms with E-state index in [0.717, 1.165) is 36.5 Å². The van der Waals surface area contributed by atoms with Crippen molar-refractivity contribution in [3.8, 4) is 11.8 Å². The minimum Gasteiger partial charge on any atom is -0.384 e. The zero-order valence-electron chi connectivity index (χ0n) is 25.4. The van der Waals surface area contributed by atoms with Gasteiger partial charge in [0.1, 0.15) is 11.5 Å². The molecule has 0 unspecified atom stereocenters. The van der Waals surface area contributed by atoms with E-state index in [1.807, 2.05) is 6.07 Å². The molecule has 1 saturated carbocycles. The molecular weight excluding hydrogens is 577 g/mol. The van der Waals surface area contributed by atoms with E-state index in [4.69, 9.17) is 9.72 Å². The fraction of sp³-hybridized carbons (Fsp3) is 0.455. The molecule has 2 atom stereocenters. The number of thiazole rings is 1. The highest BCUT2D eigenvalue weighted by Crippen LogP contribution is 2.27. The van der Waals surface area contributed by atoms with Gasteiger partial charge in [-0.3, -0.25) is 9.36 Å². The third-order valence-electron chi connectivity index (χ3n) is 8.27. The fourth-order valence-corrected chi connectivity index (χ4v) is 6.97. The van der Waals surface area contributed by atoms with Crippen molar-refractivity contribution in [1.29, 1.82) is 0 Å². The first-order valence-electron chi connectivity index (χ1n) is 15.3. The molecular formula is C33H38FN7O2S. The van der Waals surface area contributed by atoms with Crippen LogP contribution in [0.1, 0.15) is 55.7 Å². The Labute approximate surface area is 260 Å². The van der Waals surface area contributed by atoms with Crippen LogP contribution >= 0.6 is 11.3 Å². The summed E-state index contributed by atoms with van der Waals surface area (Å²) in [5, 5.41) is 7.33. The standard InChI is InChI=1S/C33H38FN7O2S/c1-21-17-40(18-22(2)37-21)29-11-10-26(15-27(29)34)38-33-35-16-25-14-24(9-8-23-6-4-5-7-23)32(42)41(31(25)39-33)19-30-28(12-13-43-3)36-20-44-30/h10-11,14-16,20-23,37H,4-7,12-13,17-19H2,1-3H3,(H,35,38,39)/t21-,22+. The van der Waals surface area contributed by atoms with Crippen molar-refractivity contribution in [3.63, 3.8) is 0 Å². The number of aromatic nitrogens is 4. The first-order chi connectivity index (χ1) is 21.4. The number of halogens is 1. The van der Waals surface area contributed by atoms with E-state index in [0.29, 0.717) is 53.5 Å². The van der Waals surface area contributed by atoms with Crippen LogP contribution in [0.25, 0.3) is 11.0 Å². The lowest BCUT2D eigenvalue weighted by molar-refractivity contribution is 0.201. The molecule has 0 spiro atoms. The lowest BCUT2D eigenvalue weighted by Gasteiger charge is -2.37. The molecule has 4 aromatic rings. The van der Waals surface area contributed by atoms with E-state index in [1.165, 1.54) is 30.2 Å². The summed E-state index contributed by atoms with van der Waals surface area (Å²) in [6, 6.07) is 7.42. The van der Waals surface area contributed by atoms with Crippen LogP contribution in [0, 0.1) is 23.6 Å². The van der Waals surface area contributed by atoms with Crippen LogP contribution in [0.15, 0.2) is 40.8 Å². The molecule has 0 bridgehead atoms. The lowest BCUT2D eigenvalue weighted by Crippen LogP contribution is -2.54. The third kappa shape index (κ3) is 6.78. The predicted octanol–water partition coefficient (Wildman–Crippen LogP) is 5.10. The molecule has 44 heavy (non-hydrogen) atoms. The Balaban J connectivity index is 1.33. The second kappa shape index (κ2) is 13.4. The maximum Gasteiger partial charge on any atom is 0.268 e. The van der Waals surface area contributed by atoms with Gasteiger partial charge >= 0.3 is 0 Å². The number of piperazine rings is 1. The number of pyridine rings is 1. The highest BCUT2D eigenvalue weighted by atomic mass is 32.1. The van der Waals surface area contributed by atoms with Crippen molar-refractivity contribution >= 4 is 39.7 Å². The molecule has 230 valence electrons. The van der Waals surface area contributed by atoms with Crippen molar-refractivity contribution < 1.29 is 9.13 Å². The Morgan fingerprint density at radius 3 is 2.70 bits per heavy atom. The van der Waals surface area contributed by atoms with Crippen molar-refractivity contribution in [2.45, 2.75) is 64.6 Å². The van der Waals surface area contributed by atoms with Crippen LogP contribution in [0.2, 0.25) is 0 Å². The van der Waals surface area contributed by atoms with Gasteiger partial charge in [-0.25, -0.2) is 14.4 Å². The topological polar surface area (TPSA) is 97.2 Å². The first kappa shape index (κ1) is 30.2. The number of nitrogens with one attached hydrogen (secondary N) is 2. The van der Waals surface area contributed by atoms with Crippen molar-refractivity contribution in [2.24, 2.45) is 5.92 Å². The number of anilines is 3. The number of hydrogen-bond acceptors (Lipinski definition) is 9. The van der Waals surface area contributed by atoms with Crippen LogP contribution in [0.4, 0.5) is 21.7 Å². The smallest absolute Gasteiger partial charge is 0.268 e. The van der Waals surface area contributed by atoms with Gasteiger partial charge in [-0.2, -0.15) is 4.98 Å². The molecule has 4 heterocycles. The molecule has 2 N–H and O–H groups in total. The van der Waals surface area contributed by atoms with Crippen molar-refractivity contribution in [3.05, 3.63) is 68.3 Å². The minimum absolute atomic E-state index is 0.200. The van der Waals surface area contributed by atoms with Gasteiger partial charge in [0.05, 0.1) is 35.6 Å². The number of methoxy groups -OCH3 is 1. The summed E-state index contributed by atoms with van der Waals surface area (Å²) >= 11 is 1.50. The Kier molecular flexibility index (Phi) is 9.21. The maximum atomic E-state index is 15.3. The van der Waals surface area contributed by atoms with Gasteiger partial charge < -0.3 is 20.3 Å². The number of benzene rings is 1. The van der Waals surface area contributed by atoms with Gasteiger partial charge in [0, 0.05) is 66.8 Å². The molecule has 3 aromatic heterocycles. The van der Waals surface area contributed by atoms with Gasteiger partial charge in [0.15, 0.2) is 0 Å². The highest BCUT2D eigenvalue weighted by molar-refractivity contribution is 7.09. The number of hydrogen-bond donors (Lipinski definition) is 2. The highest BCUT2D eigenvalue weighted by Gasteiger charge is 2.23. The average Bonchev–Trinajstić information content (AvgIpc) is 3.68. The van der Waals surface area contributed by atoms with Gasteiger partial charge in [-0.05, 0) is 51.0 Å². The number of fused-ring (bicyclic) bond motifs is 1. The van der Waals surface area contributed by atoms with Crippen LogP contribution in [0.5, 0.6) is 0 Å². The molecule has 11 heteroatoms. The summed E-state index contributed by atoms with van der Waals surface area (Å²) in [4.78, 5) is 30.7. The van der Waals surface area contributed by atoms with E-state index in [-0.39, 0.29) is 29.4 Å². The van der Waals surface area contributed by atoms with Gasteiger partial charge in [-0.15, -0.1) is 11.3 Å². The average molecular weight is 616 g/mol. The molecule has 2 aliphatic rings. The molecule has 0 radical (unpaired) electrons. The van der Waals surface area contributed by atoms with E-state index >= 15 is 4.39 Å². The molecule has 0 amide bonds. The number of rotatable bonds is 8. The number of nitrogens with zero attached hydrogens (tertiary/aromatic N) is 5. The Morgan fingerprint density at radius 1 is 1.16 bits per heavy atom. The molecule has 6 rings (SSSR count). The van der Waals surface area contributed by atoms with Crippen molar-refractivity contribution in [1.82, 2.24) is 24.8 Å². The van der Waals surface area contributed by atoms with E-state index in [1.54, 1.807) is 35.5 Å². The Hall–Kier alpha value is -3.85. The van der Waals surface area contributed by atoms with E-state index in [9.17, 15) is 4.79 Å². The summed E-state index contributed by atoms with van der Waals surface area (Å²) in [6.07, 6.45) is 6.85. The second-order valence-corrected chi connectivity index (χ2v) is 12.7. The summed E-state index contributed by atoms with van der Waals surface area (Å²) < 4.78 is 22.2. The first-order valence-corrected chi connectivity index (χ1v) is 16.2. The van der Waals surface area contributed by atoms with Gasteiger partial charge in [0.2, 0.25) is 5.95 Å². The second-order valence-electron chi connectivity index (χ2n) is 11.8. The minimum atomic E-state index is -0.312. The Bertz CT molecular complexity index is 1740. The molecule has 1 aliphatic carbocycles. The monoisotopic (exact) mass is 615 g/mol. The van der Waals surface area contributed by atoms with Gasteiger partial charge in [0.25, 0.3) is 5.56 Å². The van der Waals surface area contributed by atoms with Gasteiger partial charge in [-0.1, -0.05) is 24.7 Å². The fourth-order valence-electron chi connectivity index (χ4n) is 6.17. The maximum absolute atomic E-state index is 15.3. The summed E-state index contributed by atoms with van der Waals surface area (Å²) in [6.45, 7) is 6.52. The molecule has 1 aliphatic heterocycles. The number of ether oxygens (including phenoxy) is 1. The molecule has 2 fully saturated rings. The SMILES string of the molecule is COCCc1ncsc1Cn1c(=O)c(C#CC2CCCC2)cc2cnc(Nc3ccc(N4C[C@@H](C)N[C@@H](C)C4)c(F)c3)nc21. The molecule has 1 aromatic carbocycles. The molecule has 1 saturated heterocycles. The third-order valence-corrected chi connectivity index (χ3v) is 9.13. The van der Waals surface area contributed by atoms with Crippen molar-refractivity contribution in [2.75, 3.05) is 37.0 Å². The largest absolute Gasteiger partial charge is 0.384 e. The summed E-state index contributed by atoms with van der Waals surface area (Å²) in [5.41, 5.74) is 4.50. The predicted molar refractivity (Wildman–Crippen MR) is 173 cm³/mol. The van der Waals surface area contributed by atoms with Crippen LogP contribution < -0.4 is 21.1 Å².